The van der Waals surface area contributed by atoms with Gasteiger partial charge in [0.15, 0.2) is 5.82 Å². The number of nitrogens with zero attached hydrogens (tertiary/aromatic N) is 3. The minimum absolute atomic E-state index is 0.167. The summed E-state index contributed by atoms with van der Waals surface area (Å²) in [5.74, 6) is -0.591. The molecule has 2 heterocycles. The van der Waals surface area contributed by atoms with Crippen LogP contribution < -0.4 is 0 Å². The van der Waals surface area contributed by atoms with E-state index in [1.54, 1.807) is 21.6 Å². The number of benzene rings is 1. The Morgan fingerprint density at radius 2 is 1.74 bits per heavy atom. The quantitative estimate of drug-likeness (QED) is 0.779. The average Bonchev–Trinajstić information content (AvgIpc) is 3.08. The smallest absolute Gasteiger partial charge is 0.341 e. The highest BCUT2D eigenvalue weighted by molar-refractivity contribution is 5.91. The summed E-state index contributed by atoms with van der Waals surface area (Å²) in [6, 6.07) is 13.1. The largest absolute Gasteiger partial charge is 0.477 e. The molecule has 0 aliphatic rings. The van der Waals surface area contributed by atoms with Gasteiger partial charge in [-0.1, -0.05) is 18.2 Å². The molecule has 1 N–H and O–H groups in total. The molecular weight excluding hydrogens is 242 g/mol. The molecule has 0 spiro atoms. The molecule has 3 aromatic rings. The van der Waals surface area contributed by atoms with Gasteiger partial charge in [0.05, 0.1) is 5.69 Å². The Bertz CT molecular complexity index is 700. The minimum atomic E-state index is -0.995. The average molecular weight is 253 g/mol. The van der Waals surface area contributed by atoms with E-state index in [-0.39, 0.29) is 5.56 Å². The Hall–Kier alpha value is -2.82. The van der Waals surface area contributed by atoms with Gasteiger partial charge in [-0.05, 0) is 24.3 Å². The van der Waals surface area contributed by atoms with Crippen molar-refractivity contribution in [1.82, 2.24) is 14.3 Å². The third-order valence-electron chi connectivity index (χ3n) is 2.79. The number of aromatic carboxylic acids is 1. The highest BCUT2D eigenvalue weighted by atomic mass is 16.4. The molecule has 0 atom stereocenters. The standard InChI is InChI=1S/C14H11N3O2/c18-14(19)12-10-17(11-6-2-1-3-7-11)15-13(12)16-8-4-5-9-16/h1-10H,(H,18,19). The number of para-hydroxylation sites is 1. The van der Waals surface area contributed by atoms with Crippen molar-refractivity contribution in [3.63, 3.8) is 0 Å². The van der Waals surface area contributed by atoms with Crippen LogP contribution in [-0.2, 0) is 0 Å². The molecular formula is C14H11N3O2. The van der Waals surface area contributed by atoms with Crippen LogP contribution in [0.25, 0.3) is 11.5 Å². The van der Waals surface area contributed by atoms with Crippen molar-refractivity contribution in [3.05, 3.63) is 66.6 Å². The first-order chi connectivity index (χ1) is 9.25. The molecule has 0 aliphatic carbocycles. The Morgan fingerprint density at radius 3 is 2.37 bits per heavy atom. The van der Waals surface area contributed by atoms with Gasteiger partial charge in [0.25, 0.3) is 0 Å². The Balaban J connectivity index is 2.15. The molecule has 2 aromatic heterocycles. The SMILES string of the molecule is O=C(O)c1cn(-c2ccccc2)nc1-n1cccc1. The summed E-state index contributed by atoms with van der Waals surface area (Å²) in [6.07, 6.45) is 5.06. The summed E-state index contributed by atoms with van der Waals surface area (Å²) in [4.78, 5) is 11.3. The van der Waals surface area contributed by atoms with Crippen molar-refractivity contribution in [3.8, 4) is 11.5 Å². The number of hydrogen-bond donors (Lipinski definition) is 1. The van der Waals surface area contributed by atoms with Crippen molar-refractivity contribution in [2.24, 2.45) is 0 Å². The summed E-state index contributed by atoms with van der Waals surface area (Å²) in [6.45, 7) is 0. The maximum absolute atomic E-state index is 11.3. The summed E-state index contributed by atoms with van der Waals surface area (Å²) < 4.78 is 3.25. The summed E-state index contributed by atoms with van der Waals surface area (Å²) >= 11 is 0. The molecule has 0 unspecified atom stereocenters. The third kappa shape index (κ3) is 2.01. The highest BCUT2D eigenvalue weighted by Gasteiger charge is 2.17. The second-order valence-corrected chi connectivity index (χ2v) is 4.04. The number of rotatable bonds is 3. The van der Waals surface area contributed by atoms with Gasteiger partial charge in [0.2, 0.25) is 0 Å². The first kappa shape index (κ1) is 11.3. The lowest BCUT2D eigenvalue weighted by atomic mass is 10.3. The Morgan fingerprint density at radius 1 is 1.05 bits per heavy atom. The van der Waals surface area contributed by atoms with Gasteiger partial charge >= 0.3 is 5.97 Å². The zero-order chi connectivity index (χ0) is 13.2. The van der Waals surface area contributed by atoms with Crippen LogP contribution in [0, 0.1) is 0 Å². The fraction of sp³-hybridized carbons (Fsp3) is 0. The van der Waals surface area contributed by atoms with Crippen LogP contribution in [0.5, 0.6) is 0 Å². The van der Waals surface area contributed by atoms with Gasteiger partial charge in [-0.3, -0.25) is 0 Å². The van der Waals surface area contributed by atoms with Crippen LogP contribution in [0.3, 0.4) is 0 Å². The molecule has 3 rings (SSSR count). The van der Waals surface area contributed by atoms with Crippen molar-refractivity contribution >= 4 is 5.97 Å². The van der Waals surface area contributed by atoms with Crippen LogP contribution >= 0.6 is 0 Å². The maximum atomic E-state index is 11.3. The van der Waals surface area contributed by atoms with Crippen molar-refractivity contribution in [2.45, 2.75) is 0 Å². The third-order valence-corrected chi connectivity index (χ3v) is 2.79. The highest BCUT2D eigenvalue weighted by Crippen LogP contribution is 2.16. The van der Waals surface area contributed by atoms with Crippen LogP contribution in [0.4, 0.5) is 0 Å². The monoisotopic (exact) mass is 253 g/mol. The molecule has 0 amide bonds. The first-order valence-corrected chi connectivity index (χ1v) is 5.77. The summed E-state index contributed by atoms with van der Waals surface area (Å²) in [7, 11) is 0. The Kier molecular flexibility index (Phi) is 2.64. The van der Waals surface area contributed by atoms with E-state index >= 15 is 0 Å². The molecule has 0 bridgehead atoms. The normalized spacial score (nSPS) is 10.5. The number of aromatic nitrogens is 3. The van der Waals surface area contributed by atoms with Gasteiger partial charge in [0, 0.05) is 18.6 Å². The summed E-state index contributed by atoms with van der Waals surface area (Å²) in [5, 5.41) is 13.6. The lowest BCUT2D eigenvalue weighted by Gasteiger charge is -2.00. The molecule has 0 radical (unpaired) electrons. The van der Waals surface area contributed by atoms with E-state index in [2.05, 4.69) is 5.10 Å². The fourth-order valence-corrected chi connectivity index (χ4v) is 1.90. The van der Waals surface area contributed by atoms with Gasteiger partial charge in [-0.15, -0.1) is 5.10 Å². The maximum Gasteiger partial charge on any atom is 0.341 e. The molecule has 0 saturated heterocycles. The van der Waals surface area contributed by atoms with Gasteiger partial charge in [0.1, 0.15) is 5.56 Å². The van der Waals surface area contributed by atoms with E-state index in [0.717, 1.165) is 5.69 Å². The molecule has 5 nitrogen and oxygen atoms in total. The van der Waals surface area contributed by atoms with Crippen LogP contribution in [0.15, 0.2) is 61.1 Å². The van der Waals surface area contributed by atoms with E-state index in [0.29, 0.717) is 5.82 Å². The van der Waals surface area contributed by atoms with Crippen LogP contribution in [0.2, 0.25) is 0 Å². The molecule has 0 saturated carbocycles. The molecule has 5 heteroatoms. The van der Waals surface area contributed by atoms with Crippen molar-refractivity contribution in [2.75, 3.05) is 0 Å². The topological polar surface area (TPSA) is 60.0 Å². The first-order valence-electron chi connectivity index (χ1n) is 5.77. The summed E-state index contributed by atoms with van der Waals surface area (Å²) in [5.41, 5.74) is 0.989. The molecule has 94 valence electrons. The van der Waals surface area contributed by atoms with E-state index in [9.17, 15) is 9.90 Å². The number of hydrogen-bond acceptors (Lipinski definition) is 2. The van der Waals surface area contributed by atoms with Crippen molar-refractivity contribution < 1.29 is 9.90 Å². The lowest BCUT2D eigenvalue weighted by molar-refractivity contribution is 0.0697. The van der Waals surface area contributed by atoms with E-state index in [4.69, 9.17) is 0 Å². The van der Waals surface area contributed by atoms with Gasteiger partial charge in [-0.2, -0.15) is 0 Å². The van der Waals surface area contributed by atoms with E-state index < -0.39 is 5.97 Å². The predicted molar refractivity (Wildman–Crippen MR) is 69.9 cm³/mol. The second kappa shape index (κ2) is 4.45. The molecule has 0 fully saturated rings. The van der Waals surface area contributed by atoms with Gasteiger partial charge < -0.3 is 9.67 Å². The fourth-order valence-electron chi connectivity index (χ4n) is 1.90. The zero-order valence-electron chi connectivity index (χ0n) is 9.97. The number of carboxylic acid groups (broad SMARTS) is 1. The number of carboxylic acids is 1. The number of carbonyl (C=O) groups is 1. The van der Waals surface area contributed by atoms with E-state index in [1.165, 1.54) is 6.20 Å². The molecule has 19 heavy (non-hydrogen) atoms. The predicted octanol–water partition coefficient (Wildman–Crippen LogP) is 2.36. The van der Waals surface area contributed by atoms with Crippen LogP contribution in [-0.4, -0.2) is 25.4 Å². The molecule has 1 aromatic carbocycles. The minimum Gasteiger partial charge on any atom is -0.477 e. The lowest BCUT2D eigenvalue weighted by Crippen LogP contribution is -2.01. The van der Waals surface area contributed by atoms with E-state index in [1.807, 2.05) is 42.5 Å². The molecule has 0 aliphatic heterocycles. The second-order valence-electron chi connectivity index (χ2n) is 4.04. The van der Waals surface area contributed by atoms with Gasteiger partial charge in [-0.25, -0.2) is 9.48 Å². The van der Waals surface area contributed by atoms with Crippen molar-refractivity contribution in [1.29, 1.82) is 0 Å². The zero-order valence-corrected chi connectivity index (χ0v) is 9.97. The van der Waals surface area contributed by atoms with Crippen LogP contribution in [0.1, 0.15) is 10.4 Å². The Labute approximate surface area is 109 Å².